The number of nitrogens with zero attached hydrogens (tertiary/aromatic N) is 1. The van der Waals surface area contributed by atoms with Crippen molar-refractivity contribution in [2.45, 2.75) is 26.2 Å². The lowest BCUT2D eigenvalue weighted by atomic mass is 10.2. The number of hydrogen-bond acceptors (Lipinski definition) is 4. The van der Waals surface area contributed by atoms with E-state index >= 15 is 0 Å². The summed E-state index contributed by atoms with van der Waals surface area (Å²) in [6.07, 6.45) is 3.51. The summed E-state index contributed by atoms with van der Waals surface area (Å²) in [5, 5.41) is 11.7. The molecule has 2 rings (SSSR count). The second-order valence-corrected chi connectivity index (χ2v) is 4.21. The van der Waals surface area contributed by atoms with E-state index in [4.69, 9.17) is 9.47 Å². The van der Waals surface area contributed by atoms with Crippen LogP contribution in [0.3, 0.4) is 0 Å². The van der Waals surface area contributed by atoms with Crippen LogP contribution in [0.1, 0.15) is 13.8 Å². The van der Waals surface area contributed by atoms with Crippen molar-refractivity contribution in [3.63, 3.8) is 0 Å². The first kappa shape index (κ1) is 11.4. The van der Waals surface area contributed by atoms with Crippen LogP contribution in [0.15, 0.2) is 42.1 Å². The van der Waals surface area contributed by atoms with Crippen molar-refractivity contribution in [1.82, 2.24) is 0 Å². The Kier molecular flexibility index (Phi) is 2.75. The van der Waals surface area contributed by atoms with Crippen LogP contribution in [-0.4, -0.2) is 11.8 Å². The van der Waals surface area contributed by atoms with Crippen LogP contribution in [0.25, 0.3) is 0 Å². The van der Waals surface area contributed by atoms with E-state index in [1.165, 1.54) is 13.8 Å². The maximum Gasteiger partial charge on any atom is 0.343 e. The molecule has 0 fully saturated rings. The van der Waals surface area contributed by atoms with Gasteiger partial charge in [0, 0.05) is 12.1 Å². The number of ether oxygens (including phenoxy) is 2. The van der Waals surface area contributed by atoms with Gasteiger partial charge in [0.2, 0.25) is 0 Å². The third-order valence-electron chi connectivity index (χ3n) is 2.29. The average Bonchev–Trinajstić information content (AvgIpc) is 2.24. The Bertz CT molecular complexity index is 465. The fourth-order valence-electron chi connectivity index (χ4n) is 1.53. The molecule has 0 spiro atoms. The molecule has 0 saturated carbocycles. The van der Waals surface area contributed by atoms with E-state index in [2.05, 4.69) is 0 Å². The molecule has 1 aromatic rings. The second-order valence-electron chi connectivity index (χ2n) is 4.21. The molecule has 0 unspecified atom stereocenters. The number of hydrogen-bond donors (Lipinski definition) is 0. The number of rotatable bonds is 2. The Balaban J connectivity index is 2.24. The van der Waals surface area contributed by atoms with Crippen LogP contribution < -0.4 is 9.67 Å². The smallest absolute Gasteiger partial charge is 0.343 e. The van der Waals surface area contributed by atoms with Crippen LogP contribution in [0.5, 0.6) is 0 Å². The standard InChI is InChI=1S/C12H13NO4/c1-12(2)16-10(14)9(11(15)17-12)8-13-6-4-3-5-7-13/h3-7H,8H2,1-2H3. The largest absolute Gasteiger partial charge is 0.575 e. The molecule has 17 heavy (non-hydrogen) atoms. The summed E-state index contributed by atoms with van der Waals surface area (Å²) in [6, 6.07) is 5.47. The fourth-order valence-corrected chi connectivity index (χ4v) is 1.53. The van der Waals surface area contributed by atoms with Gasteiger partial charge >= 0.3 is 5.97 Å². The van der Waals surface area contributed by atoms with Gasteiger partial charge in [0.15, 0.2) is 24.7 Å². The molecule has 5 heteroatoms. The maximum absolute atomic E-state index is 11.7. The molecule has 0 bridgehead atoms. The van der Waals surface area contributed by atoms with Crippen LogP contribution in [0.2, 0.25) is 0 Å². The molecule has 0 amide bonds. The van der Waals surface area contributed by atoms with E-state index in [-0.39, 0.29) is 12.1 Å². The first-order chi connectivity index (χ1) is 7.98. The summed E-state index contributed by atoms with van der Waals surface area (Å²) in [4.78, 5) is 11.7. The SMILES string of the molecule is CC1(C)OC(=O)C(C[n+]2ccccc2)=C([O-])O1. The van der Waals surface area contributed by atoms with Gasteiger partial charge in [-0.1, -0.05) is 6.07 Å². The molecule has 5 nitrogen and oxygen atoms in total. The molecular formula is C12H13NO4. The van der Waals surface area contributed by atoms with E-state index < -0.39 is 17.7 Å². The monoisotopic (exact) mass is 235 g/mol. The molecule has 1 aromatic heterocycles. The van der Waals surface area contributed by atoms with Crippen molar-refractivity contribution in [3.8, 4) is 0 Å². The lowest BCUT2D eigenvalue weighted by molar-refractivity contribution is -0.689. The molecule has 2 heterocycles. The highest BCUT2D eigenvalue weighted by Crippen LogP contribution is 2.23. The van der Waals surface area contributed by atoms with Crippen molar-refractivity contribution in [2.24, 2.45) is 0 Å². The Hall–Kier alpha value is -2.04. The third kappa shape index (κ3) is 2.55. The van der Waals surface area contributed by atoms with Gasteiger partial charge in [-0.25, -0.2) is 9.36 Å². The summed E-state index contributed by atoms with van der Waals surface area (Å²) >= 11 is 0. The van der Waals surface area contributed by atoms with Gasteiger partial charge in [-0.3, -0.25) is 0 Å². The van der Waals surface area contributed by atoms with Crippen molar-refractivity contribution in [2.75, 3.05) is 0 Å². The number of cyclic esters (lactones) is 1. The molecule has 90 valence electrons. The van der Waals surface area contributed by atoms with E-state index in [9.17, 15) is 9.90 Å². The number of pyridine rings is 1. The zero-order valence-electron chi connectivity index (χ0n) is 9.67. The van der Waals surface area contributed by atoms with Gasteiger partial charge < -0.3 is 14.6 Å². The highest BCUT2D eigenvalue weighted by molar-refractivity contribution is 5.89. The normalized spacial score (nSPS) is 18.6. The molecule has 0 saturated heterocycles. The predicted molar refractivity (Wildman–Crippen MR) is 54.9 cm³/mol. The molecular weight excluding hydrogens is 222 g/mol. The minimum atomic E-state index is -1.18. The summed E-state index contributed by atoms with van der Waals surface area (Å²) in [6.45, 7) is 3.19. The van der Waals surface area contributed by atoms with E-state index in [1.54, 1.807) is 17.0 Å². The van der Waals surface area contributed by atoms with Crippen molar-refractivity contribution in [3.05, 3.63) is 42.1 Å². The van der Waals surface area contributed by atoms with Crippen LogP contribution in [0, 0.1) is 0 Å². The minimum absolute atomic E-state index is 0.000486. The summed E-state index contributed by atoms with van der Waals surface area (Å²) < 4.78 is 11.7. The molecule has 1 aliphatic heterocycles. The average molecular weight is 235 g/mol. The zero-order chi connectivity index (χ0) is 12.5. The van der Waals surface area contributed by atoms with E-state index in [0.29, 0.717) is 0 Å². The minimum Gasteiger partial charge on any atom is -0.575 e. The van der Waals surface area contributed by atoms with Crippen LogP contribution >= 0.6 is 0 Å². The topological polar surface area (TPSA) is 62.5 Å². The Morgan fingerprint density at radius 3 is 2.47 bits per heavy atom. The predicted octanol–water partition coefficient (Wildman–Crippen LogP) is -0.145. The van der Waals surface area contributed by atoms with Gasteiger partial charge in [-0.2, -0.15) is 0 Å². The van der Waals surface area contributed by atoms with Gasteiger partial charge in [0.1, 0.15) is 5.57 Å². The number of carbonyl (C=O) groups is 1. The van der Waals surface area contributed by atoms with Gasteiger partial charge in [0.05, 0.1) is 5.95 Å². The Morgan fingerprint density at radius 2 is 1.88 bits per heavy atom. The third-order valence-corrected chi connectivity index (χ3v) is 2.29. The maximum atomic E-state index is 11.7. The van der Waals surface area contributed by atoms with Crippen molar-refractivity contribution < 1.29 is 23.9 Å². The zero-order valence-corrected chi connectivity index (χ0v) is 9.67. The van der Waals surface area contributed by atoms with Gasteiger partial charge in [-0.05, 0) is 13.8 Å². The Labute approximate surface area is 98.9 Å². The molecule has 0 aliphatic carbocycles. The molecule has 0 aromatic carbocycles. The highest BCUT2D eigenvalue weighted by Gasteiger charge is 2.30. The Morgan fingerprint density at radius 1 is 1.24 bits per heavy atom. The summed E-state index contributed by atoms with van der Waals surface area (Å²) in [5.41, 5.74) is 0.000486. The lowest BCUT2D eigenvalue weighted by Gasteiger charge is -2.38. The van der Waals surface area contributed by atoms with E-state index in [1.807, 2.05) is 18.2 Å². The van der Waals surface area contributed by atoms with Crippen LogP contribution in [0.4, 0.5) is 0 Å². The van der Waals surface area contributed by atoms with Gasteiger partial charge in [-0.15, -0.1) is 0 Å². The first-order valence-corrected chi connectivity index (χ1v) is 5.24. The molecule has 1 aliphatic rings. The molecule has 0 atom stereocenters. The van der Waals surface area contributed by atoms with Crippen LogP contribution in [-0.2, 0) is 20.8 Å². The van der Waals surface area contributed by atoms with Crippen molar-refractivity contribution in [1.29, 1.82) is 0 Å². The fraction of sp³-hybridized carbons (Fsp3) is 0.333. The molecule has 0 radical (unpaired) electrons. The summed E-state index contributed by atoms with van der Waals surface area (Å²) in [5.74, 6) is -2.43. The second kappa shape index (κ2) is 4.08. The quantitative estimate of drug-likeness (QED) is 0.528. The van der Waals surface area contributed by atoms with E-state index in [0.717, 1.165) is 0 Å². The van der Waals surface area contributed by atoms with Crippen molar-refractivity contribution >= 4 is 5.97 Å². The number of carbonyl (C=O) groups excluding carboxylic acids is 1. The number of esters is 1. The van der Waals surface area contributed by atoms with Gasteiger partial charge in [0.25, 0.3) is 0 Å². The first-order valence-electron chi connectivity index (χ1n) is 5.24. The molecule has 0 N–H and O–H groups in total. The number of aromatic nitrogens is 1. The summed E-state index contributed by atoms with van der Waals surface area (Å²) in [7, 11) is 0. The highest BCUT2D eigenvalue weighted by atomic mass is 16.8. The lowest BCUT2D eigenvalue weighted by Crippen LogP contribution is -2.44.